The second-order valence-corrected chi connectivity index (χ2v) is 5.80. The average Bonchev–Trinajstić information content (AvgIpc) is 2.92. The number of ether oxygens (including phenoxy) is 1. The first-order chi connectivity index (χ1) is 10.1. The summed E-state index contributed by atoms with van der Waals surface area (Å²) in [5.74, 6) is 0.275. The maximum absolute atomic E-state index is 12.5. The van der Waals surface area contributed by atoms with Crippen LogP contribution in [0.3, 0.4) is 0 Å². The second-order valence-electron chi connectivity index (χ2n) is 5.80. The van der Waals surface area contributed by atoms with Crippen molar-refractivity contribution in [1.29, 1.82) is 0 Å². The molecule has 1 fully saturated rings. The first-order valence-electron chi connectivity index (χ1n) is 7.56. The largest absolute Gasteiger partial charge is 0.434 e. The van der Waals surface area contributed by atoms with Crippen LogP contribution in [0, 0.1) is 0 Å². The highest BCUT2D eigenvalue weighted by atomic mass is 19.3. The number of hydrogen-bond acceptors (Lipinski definition) is 3. The number of hydrogen-bond donors (Lipinski definition) is 1. The van der Waals surface area contributed by atoms with Crippen molar-refractivity contribution in [3.63, 3.8) is 0 Å². The van der Waals surface area contributed by atoms with Gasteiger partial charge in [-0.2, -0.15) is 8.78 Å². The Bertz CT molecular complexity index is 434. The van der Waals surface area contributed by atoms with Crippen molar-refractivity contribution in [3.05, 3.63) is 29.8 Å². The molecule has 1 atom stereocenters. The first kappa shape index (κ1) is 16.2. The van der Waals surface area contributed by atoms with Gasteiger partial charge in [-0.25, -0.2) is 0 Å². The molecule has 118 valence electrons. The van der Waals surface area contributed by atoms with Crippen molar-refractivity contribution < 1.29 is 13.5 Å². The van der Waals surface area contributed by atoms with E-state index < -0.39 is 6.61 Å². The second kappa shape index (κ2) is 7.71. The molecule has 5 heteroatoms. The minimum Gasteiger partial charge on any atom is -0.434 e. The van der Waals surface area contributed by atoms with Crippen LogP contribution in [0.1, 0.15) is 32.3 Å². The van der Waals surface area contributed by atoms with E-state index in [1.54, 1.807) is 12.1 Å². The van der Waals surface area contributed by atoms with Gasteiger partial charge in [-0.3, -0.25) is 4.90 Å². The van der Waals surface area contributed by atoms with Crippen molar-refractivity contribution in [1.82, 2.24) is 10.2 Å². The fourth-order valence-electron chi connectivity index (χ4n) is 2.72. The molecule has 3 nitrogen and oxygen atoms in total. The van der Waals surface area contributed by atoms with Crippen molar-refractivity contribution in [2.24, 2.45) is 0 Å². The van der Waals surface area contributed by atoms with E-state index in [2.05, 4.69) is 28.8 Å². The number of benzene rings is 1. The van der Waals surface area contributed by atoms with Crippen LogP contribution in [0.15, 0.2) is 24.3 Å². The summed E-state index contributed by atoms with van der Waals surface area (Å²) < 4.78 is 29.6. The molecule has 0 amide bonds. The van der Waals surface area contributed by atoms with Crippen LogP contribution in [-0.4, -0.2) is 36.7 Å². The van der Waals surface area contributed by atoms with Gasteiger partial charge < -0.3 is 10.1 Å². The molecule has 1 N–H and O–H groups in total. The summed E-state index contributed by atoms with van der Waals surface area (Å²) in [5.41, 5.74) is 0.810. The Labute approximate surface area is 125 Å². The molecule has 1 aliphatic heterocycles. The fourth-order valence-corrected chi connectivity index (χ4v) is 2.72. The van der Waals surface area contributed by atoms with Gasteiger partial charge >= 0.3 is 6.61 Å². The van der Waals surface area contributed by atoms with Gasteiger partial charge in [0.05, 0.1) is 0 Å². The van der Waals surface area contributed by atoms with E-state index in [9.17, 15) is 8.78 Å². The molecule has 0 radical (unpaired) electrons. The maximum Gasteiger partial charge on any atom is 0.387 e. The number of nitrogens with zero attached hydrogens (tertiary/aromatic N) is 1. The third-order valence-corrected chi connectivity index (χ3v) is 3.91. The number of nitrogens with one attached hydrogen (secondary N) is 1. The van der Waals surface area contributed by atoms with E-state index >= 15 is 0 Å². The predicted molar refractivity (Wildman–Crippen MR) is 79.6 cm³/mol. The van der Waals surface area contributed by atoms with E-state index in [-0.39, 0.29) is 5.75 Å². The zero-order valence-electron chi connectivity index (χ0n) is 12.7. The molecular weight excluding hydrogens is 274 g/mol. The lowest BCUT2D eigenvalue weighted by molar-refractivity contribution is -0.0508. The van der Waals surface area contributed by atoms with Crippen molar-refractivity contribution in [2.75, 3.05) is 13.1 Å². The van der Waals surface area contributed by atoms with Crippen LogP contribution in [-0.2, 0) is 6.54 Å². The summed E-state index contributed by atoms with van der Waals surface area (Å²) in [6.07, 6.45) is 2.39. The van der Waals surface area contributed by atoms with Crippen LogP contribution in [0.4, 0.5) is 8.78 Å². The summed E-state index contributed by atoms with van der Waals surface area (Å²) in [4.78, 5) is 2.30. The normalized spacial score (nSPS) is 18.9. The Kier molecular flexibility index (Phi) is 5.94. The average molecular weight is 298 g/mol. The highest BCUT2D eigenvalue weighted by Gasteiger charge is 2.21. The van der Waals surface area contributed by atoms with E-state index in [1.807, 2.05) is 12.1 Å². The van der Waals surface area contributed by atoms with E-state index in [0.29, 0.717) is 18.6 Å². The number of para-hydroxylation sites is 1. The molecule has 1 aromatic rings. The van der Waals surface area contributed by atoms with E-state index in [1.165, 1.54) is 12.8 Å². The highest BCUT2D eigenvalue weighted by molar-refractivity contribution is 5.33. The topological polar surface area (TPSA) is 24.5 Å². The van der Waals surface area contributed by atoms with Gasteiger partial charge in [0.1, 0.15) is 5.75 Å². The Morgan fingerprint density at radius 1 is 1.33 bits per heavy atom. The minimum atomic E-state index is -2.78. The monoisotopic (exact) mass is 298 g/mol. The Morgan fingerprint density at radius 3 is 2.71 bits per heavy atom. The lowest BCUT2D eigenvalue weighted by Crippen LogP contribution is -2.40. The minimum absolute atomic E-state index is 0.275. The molecule has 0 bridgehead atoms. The van der Waals surface area contributed by atoms with Gasteiger partial charge in [-0.15, -0.1) is 0 Å². The van der Waals surface area contributed by atoms with Crippen molar-refractivity contribution in [2.45, 2.75) is 51.9 Å². The Hall–Kier alpha value is -1.20. The zero-order valence-corrected chi connectivity index (χ0v) is 12.7. The van der Waals surface area contributed by atoms with Crippen LogP contribution in [0.5, 0.6) is 5.75 Å². The highest BCUT2D eigenvalue weighted by Crippen LogP contribution is 2.23. The third-order valence-electron chi connectivity index (χ3n) is 3.91. The van der Waals surface area contributed by atoms with Crippen molar-refractivity contribution >= 4 is 0 Å². The summed E-state index contributed by atoms with van der Waals surface area (Å²) in [6, 6.07) is 7.89. The molecule has 2 rings (SSSR count). The molecule has 0 aromatic heterocycles. The molecule has 0 spiro atoms. The molecule has 1 aliphatic rings. The predicted octanol–water partition coefficient (Wildman–Crippen LogP) is 3.25. The van der Waals surface area contributed by atoms with Crippen LogP contribution in [0.25, 0.3) is 0 Å². The number of alkyl halides is 2. The van der Waals surface area contributed by atoms with Gasteiger partial charge in [-0.05, 0) is 39.3 Å². The quantitative estimate of drug-likeness (QED) is 0.836. The molecule has 1 aromatic carbocycles. The van der Waals surface area contributed by atoms with Crippen LogP contribution >= 0.6 is 0 Å². The summed E-state index contributed by atoms with van der Waals surface area (Å²) in [6.45, 7) is 4.10. The van der Waals surface area contributed by atoms with Crippen molar-refractivity contribution in [3.8, 4) is 5.75 Å². The summed E-state index contributed by atoms with van der Waals surface area (Å²) in [7, 11) is 0. The number of rotatable bonds is 7. The smallest absolute Gasteiger partial charge is 0.387 e. The Morgan fingerprint density at radius 2 is 2.10 bits per heavy atom. The van der Waals surface area contributed by atoms with Gasteiger partial charge in [0.15, 0.2) is 0 Å². The lowest BCUT2D eigenvalue weighted by atomic mass is 10.1. The lowest BCUT2D eigenvalue weighted by Gasteiger charge is -2.30. The maximum atomic E-state index is 12.5. The molecular formula is C16H24F2N2O. The standard InChI is InChI=1S/C16H24F2N2O/c1-12(2)20(11-14-7-5-9-19-14)10-13-6-3-4-8-15(13)21-16(17)18/h3-4,6,8,12,14,16,19H,5,7,9-11H2,1-2H3. The first-order valence-corrected chi connectivity index (χ1v) is 7.56. The zero-order chi connectivity index (χ0) is 15.2. The van der Waals surface area contributed by atoms with Crippen LogP contribution in [0.2, 0.25) is 0 Å². The fraction of sp³-hybridized carbons (Fsp3) is 0.625. The molecule has 0 saturated carbocycles. The van der Waals surface area contributed by atoms with E-state index in [0.717, 1.165) is 18.7 Å². The van der Waals surface area contributed by atoms with Gasteiger partial charge in [0.25, 0.3) is 0 Å². The molecule has 1 unspecified atom stereocenters. The number of halogens is 2. The Balaban J connectivity index is 2.05. The van der Waals surface area contributed by atoms with E-state index in [4.69, 9.17) is 0 Å². The molecule has 1 saturated heterocycles. The third kappa shape index (κ3) is 4.93. The summed E-state index contributed by atoms with van der Waals surface area (Å²) in [5, 5.41) is 3.48. The summed E-state index contributed by atoms with van der Waals surface area (Å²) >= 11 is 0. The van der Waals surface area contributed by atoms with Gasteiger partial charge in [0, 0.05) is 30.7 Å². The molecule has 1 heterocycles. The SMILES string of the molecule is CC(C)N(Cc1ccccc1OC(F)F)CC1CCCN1. The van der Waals surface area contributed by atoms with Gasteiger partial charge in [-0.1, -0.05) is 18.2 Å². The van der Waals surface area contributed by atoms with Crippen LogP contribution < -0.4 is 10.1 Å². The molecule has 0 aliphatic carbocycles. The van der Waals surface area contributed by atoms with Gasteiger partial charge in [0.2, 0.25) is 0 Å². The molecule has 21 heavy (non-hydrogen) atoms.